The predicted octanol–water partition coefficient (Wildman–Crippen LogP) is 4.01. The van der Waals surface area contributed by atoms with E-state index in [1.807, 2.05) is 19.1 Å². The molecule has 1 heterocycles. The summed E-state index contributed by atoms with van der Waals surface area (Å²) < 4.78 is 18.6. The van der Waals surface area contributed by atoms with Crippen LogP contribution in [0.15, 0.2) is 52.7 Å². The Hall–Kier alpha value is -3.22. The Morgan fingerprint density at radius 3 is 2.92 bits per heavy atom. The van der Waals surface area contributed by atoms with Gasteiger partial charge in [0.1, 0.15) is 11.6 Å². The molecule has 3 rings (SSSR count). The molecule has 0 aliphatic rings. The highest BCUT2D eigenvalue weighted by Crippen LogP contribution is 2.35. The summed E-state index contributed by atoms with van der Waals surface area (Å²) in [5, 5.41) is 17.4. The Labute approximate surface area is 136 Å². The molecule has 1 amide bonds. The van der Waals surface area contributed by atoms with Crippen LogP contribution in [0.3, 0.4) is 0 Å². The maximum Gasteiger partial charge on any atom is 0.302 e. The zero-order chi connectivity index (χ0) is 17.1. The van der Waals surface area contributed by atoms with Crippen molar-refractivity contribution in [3.63, 3.8) is 0 Å². The number of amides is 1. The van der Waals surface area contributed by atoms with E-state index in [0.717, 1.165) is 5.56 Å². The molecule has 0 aliphatic heterocycles. The van der Waals surface area contributed by atoms with E-state index in [1.165, 1.54) is 18.2 Å². The highest BCUT2D eigenvalue weighted by atomic mass is 19.1. The highest BCUT2D eigenvalue weighted by Gasteiger charge is 2.12. The number of nitrogens with zero attached hydrogens (tertiary/aromatic N) is 2. The number of aromatic nitrogens is 1. The largest absolute Gasteiger partial charge is 0.493 e. The van der Waals surface area contributed by atoms with E-state index in [0.29, 0.717) is 16.7 Å². The second-order valence-electron chi connectivity index (χ2n) is 5.21. The lowest BCUT2D eigenvalue weighted by Gasteiger charge is -2.03. The van der Waals surface area contributed by atoms with Gasteiger partial charge in [0, 0.05) is 5.39 Å². The van der Waals surface area contributed by atoms with Gasteiger partial charge in [-0.05, 0) is 42.8 Å². The smallest absolute Gasteiger partial charge is 0.302 e. The van der Waals surface area contributed by atoms with Gasteiger partial charge in [-0.3, -0.25) is 4.79 Å². The van der Waals surface area contributed by atoms with Crippen molar-refractivity contribution >= 4 is 22.5 Å². The Kier molecular flexibility index (Phi) is 4.24. The van der Waals surface area contributed by atoms with Crippen LogP contribution in [0.25, 0.3) is 10.9 Å². The summed E-state index contributed by atoms with van der Waals surface area (Å²) in [5.41, 5.74) is 1.51. The van der Waals surface area contributed by atoms with Crippen molar-refractivity contribution in [3.05, 3.63) is 53.8 Å². The molecule has 0 saturated heterocycles. The van der Waals surface area contributed by atoms with Gasteiger partial charge in [-0.1, -0.05) is 12.1 Å². The fourth-order valence-corrected chi connectivity index (χ4v) is 2.22. The molecule has 24 heavy (non-hydrogen) atoms. The summed E-state index contributed by atoms with van der Waals surface area (Å²) in [7, 11) is 0. The van der Waals surface area contributed by atoms with E-state index in [9.17, 15) is 14.3 Å². The van der Waals surface area contributed by atoms with Crippen LogP contribution in [-0.4, -0.2) is 22.6 Å². The van der Waals surface area contributed by atoms with Crippen LogP contribution in [0.5, 0.6) is 11.6 Å². The molecule has 0 radical (unpaired) electrons. The van der Waals surface area contributed by atoms with Gasteiger partial charge >= 0.3 is 5.91 Å². The molecule has 122 valence electrons. The Morgan fingerprint density at radius 2 is 2.12 bits per heavy atom. The second-order valence-corrected chi connectivity index (χ2v) is 5.21. The Bertz CT molecular complexity index is 934. The number of hydrogen-bond donors (Lipinski definition) is 2. The van der Waals surface area contributed by atoms with Crippen LogP contribution in [0.2, 0.25) is 0 Å². The topological polar surface area (TPSA) is 87.0 Å². The number of ether oxygens (including phenoxy) is 1. The van der Waals surface area contributed by atoms with E-state index in [-0.39, 0.29) is 18.2 Å². The molecule has 0 bridgehead atoms. The number of carbonyl (C=O) groups excluding carboxylic acids is 1. The highest BCUT2D eigenvalue weighted by molar-refractivity contribution is 5.94. The monoisotopic (exact) mass is 327 g/mol. The third-order valence-corrected chi connectivity index (χ3v) is 3.33. The average Bonchev–Trinajstić information content (AvgIpc) is 2.86. The number of rotatable bonds is 4. The molecular formula is C17H14FN3O3. The lowest BCUT2D eigenvalue weighted by molar-refractivity contribution is -0.120. The molecule has 0 unspecified atom stereocenters. The molecule has 0 aliphatic carbocycles. The number of fused-ring (bicyclic) bond motifs is 1. The summed E-state index contributed by atoms with van der Waals surface area (Å²) >= 11 is 0. The molecule has 1 aromatic heterocycles. The number of H-pyrrole nitrogens is 1. The first-order valence-electron chi connectivity index (χ1n) is 7.17. The minimum atomic E-state index is -0.623. The number of aromatic amines is 1. The molecule has 0 spiro atoms. The Balaban J connectivity index is 1.72. The van der Waals surface area contributed by atoms with Gasteiger partial charge in [0.05, 0.1) is 5.52 Å². The lowest BCUT2D eigenvalue weighted by atomic mass is 10.2. The normalized spacial score (nSPS) is 11.2. The summed E-state index contributed by atoms with van der Waals surface area (Å²) in [6.07, 6.45) is 0. The van der Waals surface area contributed by atoms with E-state index in [1.54, 1.807) is 12.1 Å². The first kappa shape index (κ1) is 15.7. The third kappa shape index (κ3) is 3.40. The van der Waals surface area contributed by atoms with Crippen molar-refractivity contribution in [2.75, 3.05) is 6.61 Å². The third-order valence-electron chi connectivity index (χ3n) is 3.33. The maximum atomic E-state index is 13.3. The van der Waals surface area contributed by atoms with E-state index in [2.05, 4.69) is 15.2 Å². The zero-order valence-corrected chi connectivity index (χ0v) is 12.8. The van der Waals surface area contributed by atoms with Gasteiger partial charge in [-0.15, -0.1) is 10.2 Å². The number of azo groups is 1. The van der Waals surface area contributed by atoms with Crippen molar-refractivity contribution in [2.24, 2.45) is 10.2 Å². The first-order valence-corrected chi connectivity index (χ1v) is 7.17. The number of carbonyl (C=O) groups is 1. The van der Waals surface area contributed by atoms with Gasteiger partial charge in [0.15, 0.2) is 12.3 Å². The van der Waals surface area contributed by atoms with Gasteiger partial charge in [0.2, 0.25) is 5.88 Å². The molecule has 2 N–H and O–H groups in total. The van der Waals surface area contributed by atoms with Gasteiger partial charge in [0.25, 0.3) is 0 Å². The quantitative estimate of drug-likeness (QED) is 0.710. The van der Waals surface area contributed by atoms with Crippen LogP contribution in [-0.2, 0) is 4.79 Å². The van der Waals surface area contributed by atoms with Crippen LogP contribution >= 0.6 is 0 Å². The van der Waals surface area contributed by atoms with Crippen molar-refractivity contribution in [2.45, 2.75) is 6.92 Å². The molecule has 0 atom stereocenters. The van der Waals surface area contributed by atoms with Gasteiger partial charge < -0.3 is 14.8 Å². The van der Waals surface area contributed by atoms with Crippen molar-refractivity contribution in [1.82, 2.24) is 4.98 Å². The first-order chi connectivity index (χ1) is 11.5. The molecule has 0 saturated carbocycles. The average molecular weight is 327 g/mol. The zero-order valence-electron chi connectivity index (χ0n) is 12.8. The van der Waals surface area contributed by atoms with Crippen LogP contribution in [0, 0.1) is 12.7 Å². The van der Waals surface area contributed by atoms with Gasteiger partial charge in [-0.25, -0.2) is 4.39 Å². The van der Waals surface area contributed by atoms with Crippen LogP contribution in [0.1, 0.15) is 5.56 Å². The number of nitrogens with one attached hydrogen (secondary N) is 1. The fraction of sp³-hybridized carbons (Fsp3) is 0.118. The minimum absolute atomic E-state index is 0.00778. The summed E-state index contributed by atoms with van der Waals surface area (Å²) in [6.45, 7) is 1.62. The number of halogens is 1. The molecule has 6 nitrogen and oxygen atoms in total. The number of aryl methyl sites for hydroxylation is 1. The number of hydrogen-bond acceptors (Lipinski definition) is 4. The number of aromatic hydroxyl groups is 1. The Morgan fingerprint density at radius 1 is 1.29 bits per heavy atom. The molecular weight excluding hydrogens is 313 g/mol. The van der Waals surface area contributed by atoms with E-state index >= 15 is 0 Å². The van der Waals surface area contributed by atoms with Crippen molar-refractivity contribution in [3.8, 4) is 11.6 Å². The van der Waals surface area contributed by atoms with Crippen molar-refractivity contribution in [1.29, 1.82) is 0 Å². The van der Waals surface area contributed by atoms with E-state index < -0.39 is 11.7 Å². The molecule has 7 heteroatoms. The van der Waals surface area contributed by atoms with Crippen molar-refractivity contribution < 1.29 is 19.0 Å². The summed E-state index contributed by atoms with van der Waals surface area (Å²) in [6, 6.07) is 11.2. The number of benzene rings is 2. The lowest BCUT2D eigenvalue weighted by Crippen LogP contribution is -2.07. The second kappa shape index (κ2) is 6.49. The molecule has 2 aromatic carbocycles. The van der Waals surface area contributed by atoms with E-state index in [4.69, 9.17) is 4.74 Å². The van der Waals surface area contributed by atoms with Gasteiger partial charge in [-0.2, -0.15) is 0 Å². The predicted molar refractivity (Wildman–Crippen MR) is 86.1 cm³/mol. The maximum absolute atomic E-state index is 13.3. The standard InChI is InChI=1S/C17H14FN3O3/c1-10-3-2-4-12(7-10)24-9-15(22)20-21-16-13-8-11(18)5-6-14(13)19-17(16)23/h2-8,19,23H,9H2,1H3. The fourth-order valence-electron chi connectivity index (χ4n) is 2.22. The van der Waals surface area contributed by atoms with Crippen LogP contribution in [0.4, 0.5) is 10.1 Å². The SMILES string of the molecule is Cc1cccc(OCC(=O)N=Nc2c(O)[nH]c3ccc(F)cc23)c1. The summed E-state index contributed by atoms with van der Waals surface area (Å²) in [4.78, 5) is 14.4. The molecule has 0 fully saturated rings. The summed E-state index contributed by atoms with van der Waals surface area (Å²) in [5.74, 6) is -0.837. The minimum Gasteiger partial charge on any atom is -0.493 e. The van der Waals surface area contributed by atoms with Crippen LogP contribution < -0.4 is 4.74 Å². The molecule has 3 aromatic rings.